The Hall–Kier alpha value is -1.98. The number of nitrogens with one attached hydrogen (secondary N) is 1. The fraction of sp³-hybridized carbons (Fsp3) is 0.636. The SMILES string of the molecule is CC(C(=O)NC12CC(C)(C1)C2)C1[C@H]2CC(n3cnc4cc(F)c(F)cc43)C[C@@H]12. The fourth-order valence-corrected chi connectivity index (χ4v) is 7.12. The third kappa shape index (κ3) is 2.20. The minimum Gasteiger partial charge on any atom is -0.350 e. The molecule has 6 heteroatoms. The first-order chi connectivity index (χ1) is 13.3. The number of hydrogen-bond donors (Lipinski definition) is 1. The van der Waals surface area contributed by atoms with Crippen LogP contribution in [0.3, 0.4) is 0 Å². The van der Waals surface area contributed by atoms with Crippen molar-refractivity contribution in [3.05, 3.63) is 30.1 Å². The molecule has 5 aliphatic carbocycles. The maximum atomic E-state index is 13.7. The molecular formula is C22H25F2N3O. The monoisotopic (exact) mass is 385 g/mol. The van der Waals surface area contributed by atoms with E-state index < -0.39 is 11.6 Å². The van der Waals surface area contributed by atoms with Crippen molar-refractivity contribution in [3.63, 3.8) is 0 Å². The summed E-state index contributed by atoms with van der Waals surface area (Å²) in [4.78, 5) is 17.0. The molecule has 1 amide bonds. The minimum absolute atomic E-state index is 0.0591. The van der Waals surface area contributed by atoms with Crippen molar-refractivity contribution in [2.45, 2.75) is 57.5 Å². The van der Waals surface area contributed by atoms with Gasteiger partial charge in [0.05, 0.1) is 17.4 Å². The van der Waals surface area contributed by atoms with Gasteiger partial charge in [0, 0.05) is 29.6 Å². The Morgan fingerprint density at radius 3 is 2.50 bits per heavy atom. The third-order valence-electron chi connectivity index (χ3n) is 8.17. The van der Waals surface area contributed by atoms with Crippen molar-refractivity contribution in [2.75, 3.05) is 0 Å². The molecule has 0 spiro atoms. The zero-order valence-corrected chi connectivity index (χ0v) is 16.2. The molecule has 3 unspecified atom stereocenters. The molecule has 2 bridgehead atoms. The number of amides is 1. The van der Waals surface area contributed by atoms with Crippen LogP contribution in [0.4, 0.5) is 8.78 Å². The molecule has 4 nitrogen and oxygen atoms in total. The highest BCUT2D eigenvalue weighted by Crippen LogP contribution is 2.67. The van der Waals surface area contributed by atoms with Crippen molar-refractivity contribution < 1.29 is 13.6 Å². The standard InChI is InChI=1S/C22H25F2N3O/c1-11(20(28)26-22-7-21(2,8-22)9-22)19-13-3-12(4-14(13)19)27-10-25-17-5-15(23)16(24)6-18(17)27/h5-6,10-14,19H,3-4,7-9H2,1-2H3,(H,26,28)/t11?,12?,13-,14+,19?,21?,22?. The Morgan fingerprint density at radius 1 is 1.21 bits per heavy atom. The Kier molecular flexibility index (Phi) is 3.10. The predicted molar refractivity (Wildman–Crippen MR) is 100 cm³/mol. The lowest BCUT2D eigenvalue weighted by molar-refractivity contribution is -0.159. The molecule has 0 aliphatic heterocycles. The second kappa shape index (κ2) is 5.14. The molecule has 5 atom stereocenters. The molecule has 0 radical (unpaired) electrons. The van der Waals surface area contributed by atoms with E-state index in [-0.39, 0.29) is 23.4 Å². The van der Waals surface area contributed by atoms with Crippen molar-refractivity contribution in [1.82, 2.24) is 14.9 Å². The normalized spacial score (nSPS) is 41.1. The van der Waals surface area contributed by atoms with Crippen LogP contribution >= 0.6 is 0 Å². The van der Waals surface area contributed by atoms with E-state index in [1.165, 1.54) is 6.07 Å². The summed E-state index contributed by atoms with van der Waals surface area (Å²) in [6.07, 6.45) is 7.10. The van der Waals surface area contributed by atoms with E-state index in [1.807, 2.05) is 4.57 Å². The van der Waals surface area contributed by atoms with Crippen LogP contribution in [0.5, 0.6) is 0 Å². The number of rotatable bonds is 4. The van der Waals surface area contributed by atoms with Crippen molar-refractivity contribution in [1.29, 1.82) is 0 Å². The largest absolute Gasteiger partial charge is 0.350 e. The molecule has 1 aromatic carbocycles. The van der Waals surface area contributed by atoms with Crippen LogP contribution in [-0.4, -0.2) is 21.0 Å². The summed E-state index contributed by atoms with van der Waals surface area (Å²) in [6.45, 7) is 4.38. The summed E-state index contributed by atoms with van der Waals surface area (Å²) in [6, 6.07) is 2.67. The lowest BCUT2D eigenvalue weighted by Crippen LogP contribution is -2.74. The van der Waals surface area contributed by atoms with Gasteiger partial charge in [0.2, 0.25) is 5.91 Å². The number of imidazole rings is 1. The van der Waals surface area contributed by atoms with Crippen LogP contribution in [-0.2, 0) is 4.79 Å². The Bertz CT molecular complexity index is 983. The zero-order chi connectivity index (χ0) is 19.4. The Morgan fingerprint density at radius 2 is 1.86 bits per heavy atom. The highest BCUT2D eigenvalue weighted by Gasteiger charge is 2.66. The molecule has 5 aliphatic rings. The highest BCUT2D eigenvalue weighted by atomic mass is 19.2. The minimum atomic E-state index is -0.857. The zero-order valence-electron chi connectivity index (χ0n) is 16.2. The smallest absolute Gasteiger partial charge is 0.223 e. The second-order valence-electron chi connectivity index (χ2n) is 10.3. The number of halogens is 2. The van der Waals surface area contributed by atoms with Crippen LogP contribution in [0.15, 0.2) is 18.5 Å². The number of carbonyl (C=O) groups excluding carboxylic acids is 1. The van der Waals surface area contributed by atoms with Gasteiger partial charge in [-0.25, -0.2) is 13.8 Å². The molecule has 2 aromatic rings. The van der Waals surface area contributed by atoms with Crippen molar-refractivity contribution in [2.24, 2.45) is 29.1 Å². The van der Waals surface area contributed by atoms with Crippen LogP contribution in [0.2, 0.25) is 0 Å². The summed E-state index contributed by atoms with van der Waals surface area (Å²) in [5.41, 5.74) is 1.76. The first-order valence-electron chi connectivity index (χ1n) is 10.4. The van der Waals surface area contributed by atoms with Crippen molar-refractivity contribution in [3.8, 4) is 0 Å². The van der Waals surface area contributed by atoms with Gasteiger partial charge in [-0.05, 0) is 55.3 Å². The van der Waals surface area contributed by atoms with Crippen LogP contribution in [0.1, 0.15) is 52.0 Å². The number of benzene rings is 1. The lowest BCUT2D eigenvalue weighted by Gasteiger charge is -2.69. The van der Waals surface area contributed by atoms with Gasteiger partial charge in [-0.3, -0.25) is 4.79 Å². The average Bonchev–Trinajstić information content (AvgIpc) is 2.92. The molecule has 5 fully saturated rings. The van der Waals surface area contributed by atoms with Crippen LogP contribution in [0.25, 0.3) is 11.0 Å². The quantitative estimate of drug-likeness (QED) is 0.857. The van der Waals surface area contributed by atoms with E-state index in [0.717, 1.165) is 38.2 Å². The first-order valence-corrected chi connectivity index (χ1v) is 10.4. The molecule has 28 heavy (non-hydrogen) atoms. The molecule has 1 heterocycles. The average molecular weight is 385 g/mol. The summed E-state index contributed by atoms with van der Waals surface area (Å²) in [7, 11) is 0. The van der Waals surface area contributed by atoms with Gasteiger partial charge < -0.3 is 9.88 Å². The maximum absolute atomic E-state index is 13.7. The maximum Gasteiger partial charge on any atom is 0.223 e. The molecule has 0 saturated heterocycles. The summed E-state index contributed by atoms with van der Waals surface area (Å²) < 4.78 is 29.1. The molecule has 5 saturated carbocycles. The third-order valence-corrected chi connectivity index (χ3v) is 8.17. The lowest BCUT2D eigenvalue weighted by atomic mass is 9.40. The first kappa shape index (κ1) is 16.9. The molecular weight excluding hydrogens is 360 g/mol. The number of carbonyl (C=O) groups is 1. The van der Waals surface area contributed by atoms with Gasteiger partial charge in [-0.1, -0.05) is 13.8 Å². The van der Waals surface area contributed by atoms with Gasteiger partial charge in [-0.2, -0.15) is 0 Å². The fourth-order valence-electron chi connectivity index (χ4n) is 7.12. The number of aromatic nitrogens is 2. The molecule has 1 N–H and O–H groups in total. The van der Waals surface area contributed by atoms with Crippen LogP contribution in [0, 0.1) is 40.7 Å². The molecule has 148 valence electrons. The van der Waals surface area contributed by atoms with Gasteiger partial charge >= 0.3 is 0 Å². The Balaban J connectivity index is 1.12. The summed E-state index contributed by atoms with van der Waals surface area (Å²) in [5.74, 6) is 0.168. The number of hydrogen-bond acceptors (Lipinski definition) is 2. The van der Waals surface area contributed by atoms with E-state index in [4.69, 9.17) is 0 Å². The van der Waals surface area contributed by atoms with E-state index >= 15 is 0 Å². The highest BCUT2D eigenvalue weighted by molar-refractivity contribution is 5.80. The van der Waals surface area contributed by atoms with Gasteiger partial charge in [0.1, 0.15) is 0 Å². The summed E-state index contributed by atoms with van der Waals surface area (Å²) in [5, 5.41) is 3.34. The van der Waals surface area contributed by atoms with Gasteiger partial charge in [-0.15, -0.1) is 0 Å². The van der Waals surface area contributed by atoms with E-state index in [9.17, 15) is 13.6 Å². The van der Waals surface area contributed by atoms with Gasteiger partial charge in [0.25, 0.3) is 0 Å². The second-order valence-corrected chi connectivity index (χ2v) is 10.3. The predicted octanol–water partition coefficient (Wildman–Crippen LogP) is 4.21. The van der Waals surface area contributed by atoms with Crippen LogP contribution < -0.4 is 5.32 Å². The topological polar surface area (TPSA) is 46.9 Å². The molecule has 1 aromatic heterocycles. The van der Waals surface area contributed by atoms with Gasteiger partial charge in [0.15, 0.2) is 11.6 Å². The van der Waals surface area contributed by atoms with E-state index in [1.54, 1.807) is 6.33 Å². The Labute approximate surface area is 162 Å². The number of fused-ring (bicyclic) bond motifs is 2. The molecule has 7 rings (SSSR count). The van der Waals surface area contributed by atoms with Crippen molar-refractivity contribution >= 4 is 16.9 Å². The summed E-state index contributed by atoms with van der Waals surface area (Å²) >= 11 is 0. The van der Waals surface area contributed by atoms with E-state index in [2.05, 4.69) is 24.1 Å². The number of nitrogens with zero attached hydrogens (tertiary/aromatic N) is 2. The van der Waals surface area contributed by atoms with E-state index in [0.29, 0.717) is 34.2 Å².